The molecule has 0 amide bonds. The Kier molecular flexibility index (Phi) is 3.76. The van der Waals surface area contributed by atoms with Gasteiger partial charge in [-0.25, -0.2) is 0 Å². The molecule has 0 aliphatic carbocycles. The third-order valence-corrected chi connectivity index (χ3v) is 3.01. The van der Waals surface area contributed by atoms with E-state index in [4.69, 9.17) is 4.74 Å². The Morgan fingerprint density at radius 2 is 2.12 bits per heavy atom. The monoisotopic (exact) mass is 233 g/mol. The van der Waals surface area contributed by atoms with Crippen molar-refractivity contribution in [2.75, 3.05) is 7.05 Å². The van der Waals surface area contributed by atoms with Gasteiger partial charge in [-0.05, 0) is 26.5 Å². The Morgan fingerprint density at radius 3 is 2.94 bits per heavy atom. The minimum Gasteiger partial charge on any atom is -0.372 e. The van der Waals surface area contributed by atoms with Crippen LogP contribution in [0.25, 0.3) is 10.9 Å². The minimum absolute atomic E-state index is 0.338. The van der Waals surface area contributed by atoms with Crippen LogP contribution in [0.15, 0.2) is 24.3 Å². The fourth-order valence-electron chi connectivity index (χ4n) is 2.08. The van der Waals surface area contributed by atoms with Gasteiger partial charge in [-0.2, -0.15) is 5.10 Å². The molecule has 2 aromatic rings. The SMILES string of the molecule is CC1CCn2nc3ccccc3c2CO1.CN. The van der Waals surface area contributed by atoms with Crippen LogP contribution in [0.1, 0.15) is 19.0 Å². The maximum absolute atomic E-state index is 5.73. The van der Waals surface area contributed by atoms with Gasteiger partial charge in [0.1, 0.15) is 0 Å². The molecule has 0 saturated carbocycles. The molecule has 1 aromatic heterocycles. The molecule has 1 aromatic carbocycles. The van der Waals surface area contributed by atoms with Gasteiger partial charge in [0.15, 0.2) is 0 Å². The molecule has 0 radical (unpaired) electrons. The molecule has 17 heavy (non-hydrogen) atoms. The lowest BCUT2D eigenvalue weighted by Gasteiger charge is -2.06. The second-order valence-corrected chi connectivity index (χ2v) is 4.10. The lowest BCUT2D eigenvalue weighted by atomic mass is 10.2. The summed E-state index contributed by atoms with van der Waals surface area (Å²) in [6.07, 6.45) is 1.38. The van der Waals surface area contributed by atoms with Crippen molar-refractivity contribution in [2.45, 2.75) is 32.6 Å². The molecular weight excluding hydrogens is 214 g/mol. The highest BCUT2D eigenvalue weighted by Crippen LogP contribution is 2.22. The van der Waals surface area contributed by atoms with Crippen LogP contribution in [0.3, 0.4) is 0 Å². The second kappa shape index (κ2) is 5.29. The highest BCUT2D eigenvalue weighted by atomic mass is 16.5. The zero-order valence-corrected chi connectivity index (χ0v) is 10.4. The van der Waals surface area contributed by atoms with E-state index < -0.39 is 0 Å². The molecule has 92 valence electrons. The number of nitrogens with zero attached hydrogens (tertiary/aromatic N) is 2. The number of aromatic nitrogens is 2. The molecular formula is C13H19N3O. The van der Waals surface area contributed by atoms with Gasteiger partial charge in [-0.3, -0.25) is 4.68 Å². The molecule has 1 atom stereocenters. The molecule has 4 heteroatoms. The summed E-state index contributed by atoms with van der Waals surface area (Å²) in [4.78, 5) is 0. The fourth-order valence-corrected chi connectivity index (χ4v) is 2.08. The van der Waals surface area contributed by atoms with Crippen LogP contribution >= 0.6 is 0 Å². The average molecular weight is 233 g/mol. The maximum atomic E-state index is 5.73. The molecule has 0 spiro atoms. The van der Waals surface area contributed by atoms with Crippen LogP contribution in [0, 0.1) is 0 Å². The average Bonchev–Trinajstić information content (AvgIpc) is 2.64. The summed E-state index contributed by atoms with van der Waals surface area (Å²) in [5.74, 6) is 0. The summed E-state index contributed by atoms with van der Waals surface area (Å²) < 4.78 is 7.83. The molecule has 1 aliphatic rings. The van der Waals surface area contributed by atoms with Crippen molar-refractivity contribution in [1.82, 2.24) is 9.78 Å². The van der Waals surface area contributed by atoms with E-state index in [9.17, 15) is 0 Å². The van der Waals surface area contributed by atoms with Crippen molar-refractivity contribution in [3.63, 3.8) is 0 Å². The number of aryl methyl sites for hydroxylation is 1. The van der Waals surface area contributed by atoms with Crippen LogP contribution in [-0.4, -0.2) is 22.9 Å². The number of nitrogens with two attached hydrogens (primary N) is 1. The van der Waals surface area contributed by atoms with Crippen molar-refractivity contribution in [1.29, 1.82) is 0 Å². The van der Waals surface area contributed by atoms with Crippen LogP contribution in [-0.2, 0) is 17.9 Å². The summed E-state index contributed by atoms with van der Waals surface area (Å²) >= 11 is 0. The molecule has 0 bridgehead atoms. The highest BCUT2D eigenvalue weighted by Gasteiger charge is 2.16. The first-order valence-corrected chi connectivity index (χ1v) is 5.98. The Balaban J connectivity index is 0.000000514. The number of hydrogen-bond acceptors (Lipinski definition) is 3. The topological polar surface area (TPSA) is 53.1 Å². The van der Waals surface area contributed by atoms with E-state index in [-0.39, 0.29) is 0 Å². The van der Waals surface area contributed by atoms with Crippen molar-refractivity contribution in [3.05, 3.63) is 30.0 Å². The third-order valence-electron chi connectivity index (χ3n) is 3.01. The molecule has 0 fully saturated rings. The highest BCUT2D eigenvalue weighted by molar-refractivity contribution is 5.81. The zero-order valence-electron chi connectivity index (χ0n) is 10.4. The molecule has 2 heterocycles. The second-order valence-electron chi connectivity index (χ2n) is 4.10. The molecule has 4 nitrogen and oxygen atoms in total. The number of rotatable bonds is 0. The number of hydrogen-bond donors (Lipinski definition) is 1. The predicted molar refractivity (Wildman–Crippen MR) is 68.7 cm³/mol. The third kappa shape index (κ3) is 2.33. The van der Waals surface area contributed by atoms with E-state index >= 15 is 0 Å². The van der Waals surface area contributed by atoms with Crippen molar-refractivity contribution in [2.24, 2.45) is 5.73 Å². The molecule has 3 rings (SSSR count). The maximum Gasteiger partial charge on any atom is 0.0927 e. The van der Waals surface area contributed by atoms with Crippen LogP contribution < -0.4 is 5.73 Å². The van der Waals surface area contributed by atoms with Gasteiger partial charge in [0.05, 0.1) is 23.9 Å². The summed E-state index contributed by atoms with van der Waals surface area (Å²) in [5.41, 5.74) is 6.79. The first kappa shape index (κ1) is 12.1. The van der Waals surface area contributed by atoms with E-state index in [1.165, 1.54) is 18.1 Å². The van der Waals surface area contributed by atoms with Gasteiger partial charge < -0.3 is 10.5 Å². The normalized spacial score (nSPS) is 19.1. The molecule has 1 unspecified atom stereocenters. The Labute approximate surface area is 101 Å². The van der Waals surface area contributed by atoms with Gasteiger partial charge in [0.2, 0.25) is 0 Å². The van der Waals surface area contributed by atoms with Crippen LogP contribution in [0.2, 0.25) is 0 Å². The lowest BCUT2D eigenvalue weighted by molar-refractivity contribution is 0.0542. The van der Waals surface area contributed by atoms with E-state index in [0.717, 1.165) is 18.5 Å². The Bertz CT molecular complexity index is 492. The minimum atomic E-state index is 0.338. The van der Waals surface area contributed by atoms with Gasteiger partial charge in [-0.15, -0.1) is 0 Å². The molecule has 2 N–H and O–H groups in total. The quantitative estimate of drug-likeness (QED) is 0.756. The zero-order chi connectivity index (χ0) is 12.3. The molecule has 0 saturated heterocycles. The van der Waals surface area contributed by atoms with Gasteiger partial charge >= 0.3 is 0 Å². The fraction of sp³-hybridized carbons (Fsp3) is 0.462. The predicted octanol–water partition coefficient (Wildman–Crippen LogP) is 1.92. The van der Waals surface area contributed by atoms with Gasteiger partial charge in [-0.1, -0.05) is 18.2 Å². The van der Waals surface area contributed by atoms with Crippen molar-refractivity contribution in [3.8, 4) is 0 Å². The van der Waals surface area contributed by atoms with E-state index in [0.29, 0.717) is 12.7 Å². The first-order valence-electron chi connectivity index (χ1n) is 5.98. The summed E-state index contributed by atoms with van der Waals surface area (Å²) in [5, 5.41) is 5.81. The smallest absolute Gasteiger partial charge is 0.0927 e. The van der Waals surface area contributed by atoms with Gasteiger partial charge in [0.25, 0.3) is 0 Å². The molecule has 1 aliphatic heterocycles. The van der Waals surface area contributed by atoms with Crippen LogP contribution in [0.5, 0.6) is 0 Å². The largest absolute Gasteiger partial charge is 0.372 e. The van der Waals surface area contributed by atoms with E-state index in [2.05, 4.69) is 40.6 Å². The van der Waals surface area contributed by atoms with Crippen molar-refractivity contribution < 1.29 is 4.74 Å². The number of ether oxygens (including phenoxy) is 1. The standard InChI is InChI=1S/C12H14N2O.CH5N/c1-9-6-7-14-12(8-15-9)10-4-2-3-5-11(10)13-14;1-2/h2-5,9H,6-8H2,1H3;2H2,1H3. The Hall–Kier alpha value is -1.39. The Morgan fingerprint density at radius 1 is 1.35 bits per heavy atom. The van der Waals surface area contributed by atoms with E-state index in [1.54, 1.807) is 0 Å². The summed E-state index contributed by atoms with van der Waals surface area (Å²) in [6.45, 7) is 3.77. The van der Waals surface area contributed by atoms with Crippen molar-refractivity contribution >= 4 is 10.9 Å². The lowest BCUT2D eigenvalue weighted by Crippen LogP contribution is -2.06. The first-order chi connectivity index (χ1) is 8.34. The summed E-state index contributed by atoms with van der Waals surface area (Å²) in [6, 6.07) is 8.26. The number of benzene rings is 1. The number of fused-ring (bicyclic) bond motifs is 3. The van der Waals surface area contributed by atoms with Crippen LogP contribution in [0.4, 0.5) is 0 Å². The summed E-state index contributed by atoms with van der Waals surface area (Å²) in [7, 11) is 1.50. The van der Waals surface area contributed by atoms with E-state index in [1.807, 2.05) is 6.07 Å². The van der Waals surface area contributed by atoms with Gasteiger partial charge in [0, 0.05) is 11.9 Å².